The van der Waals surface area contributed by atoms with E-state index in [9.17, 15) is 9.90 Å². The molecule has 4 heteroatoms. The van der Waals surface area contributed by atoms with Crippen molar-refractivity contribution in [3.05, 3.63) is 29.8 Å². The summed E-state index contributed by atoms with van der Waals surface area (Å²) in [6, 6.07) is 7.57. The number of aryl methyl sites for hydroxylation is 1. The standard InChI is InChI=1S/C15H22N2O2/c1-11(17-14-3-2-10-16-15(14)19)4-5-12-6-8-13(18)9-7-12/h6-9,11,14,17-18H,2-5,10H2,1H3,(H,16,19). The van der Waals surface area contributed by atoms with Gasteiger partial charge in [-0.2, -0.15) is 0 Å². The number of amides is 1. The number of phenols is 1. The Morgan fingerprint density at radius 1 is 1.42 bits per heavy atom. The van der Waals surface area contributed by atoms with E-state index in [4.69, 9.17) is 0 Å². The summed E-state index contributed by atoms with van der Waals surface area (Å²) in [4.78, 5) is 11.6. The van der Waals surface area contributed by atoms with Crippen molar-refractivity contribution in [3.8, 4) is 5.75 Å². The molecule has 4 nitrogen and oxygen atoms in total. The number of rotatable bonds is 5. The molecular weight excluding hydrogens is 240 g/mol. The van der Waals surface area contributed by atoms with Crippen LogP contribution in [0.25, 0.3) is 0 Å². The summed E-state index contributed by atoms with van der Waals surface area (Å²) in [6.07, 6.45) is 3.90. The molecule has 0 aliphatic carbocycles. The zero-order valence-electron chi connectivity index (χ0n) is 11.4. The molecule has 0 saturated carbocycles. The number of carbonyl (C=O) groups is 1. The van der Waals surface area contributed by atoms with Gasteiger partial charge in [0.2, 0.25) is 5.91 Å². The molecule has 2 atom stereocenters. The summed E-state index contributed by atoms with van der Waals surface area (Å²) in [5.41, 5.74) is 1.21. The molecule has 1 aliphatic heterocycles. The number of phenolic OH excluding ortho intramolecular Hbond substituents is 1. The number of nitrogens with one attached hydrogen (secondary N) is 2. The van der Waals surface area contributed by atoms with E-state index in [1.54, 1.807) is 12.1 Å². The third kappa shape index (κ3) is 4.24. The van der Waals surface area contributed by atoms with E-state index in [1.165, 1.54) is 5.56 Å². The Bertz CT molecular complexity index is 417. The maximum absolute atomic E-state index is 11.6. The van der Waals surface area contributed by atoms with Gasteiger partial charge in [0.1, 0.15) is 5.75 Å². The maximum atomic E-state index is 11.6. The second kappa shape index (κ2) is 6.57. The van der Waals surface area contributed by atoms with Crippen LogP contribution in [0.3, 0.4) is 0 Å². The first-order chi connectivity index (χ1) is 9.15. The van der Waals surface area contributed by atoms with Crippen LogP contribution in [0.15, 0.2) is 24.3 Å². The summed E-state index contributed by atoms with van der Waals surface area (Å²) in [6.45, 7) is 2.92. The van der Waals surface area contributed by atoms with Crippen LogP contribution in [0.5, 0.6) is 5.75 Å². The molecule has 2 unspecified atom stereocenters. The van der Waals surface area contributed by atoms with Crippen LogP contribution in [0, 0.1) is 0 Å². The topological polar surface area (TPSA) is 61.4 Å². The Labute approximate surface area is 114 Å². The van der Waals surface area contributed by atoms with Gasteiger partial charge in [-0.15, -0.1) is 0 Å². The summed E-state index contributed by atoms with van der Waals surface area (Å²) >= 11 is 0. The van der Waals surface area contributed by atoms with E-state index in [-0.39, 0.29) is 11.9 Å². The molecule has 0 bridgehead atoms. The van der Waals surface area contributed by atoms with Crippen LogP contribution in [-0.2, 0) is 11.2 Å². The van der Waals surface area contributed by atoms with Gasteiger partial charge < -0.3 is 15.7 Å². The van der Waals surface area contributed by atoms with Gasteiger partial charge in [-0.1, -0.05) is 12.1 Å². The molecule has 0 aromatic heterocycles. The van der Waals surface area contributed by atoms with Crippen molar-refractivity contribution < 1.29 is 9.90 Å². The first kappa shape index (κ1) is 13.9. The van der Waals surface area contributed by atoms with Crippen molar-refractivity contribution in [1.29, 1.82) is 0 Å². The number of benzene rings is 1. The monoisotopic (exact) mass is 262 g/mol. The van der Waals surface area contributed by atoms with Crippen LogP contribution in [0.2, 0.25) is 0 Å². The van der Waals surface area contributed by atoms with Crippen molar-refractivity contribution in [2.45, 2.75) is 44.7 Å². The Morgan fingerprint density at radius 2 is 2.16 bits per heavy atom. The lowest BCUT2D eigenvalue weighted by Crippen LogP contribution is -2.50. The third-order valence-electron chi connectivity index (χ3n) is 3.57. The highest BCUT2D eigenvalue weighted by atomic mass is 16.3. The fourth-order valence-electron chi connectivity index (χ4n) is 2.40. The molecule has 19 heavy (non-hydrogen) atoms. The number of carbonyl (C=O) groups excluding carboxylic acids is 1. The van der Waals surface area contributed by atoms with Crippen LogP contribution >= 0.6 is 0 Å². The Hall–Kier alpha value is -1.55. The minimum Gasteiger partial charge on any atom is -0.508 e. The lowest BCUT2D eigenvalue weighted by molar-refractivity contribution is -0.124. The molecule has 1 aromatic carbocycles. The second-order valence-electron chi connectivity index (χ2n) is 5.26. The highest BCUT2D eigenvalue weighted by Crippen LogP contribution is 2.12. The van der Waals surface area contributed by atoms with Gasteiger partial charge in [-0.3, -0.25) is 4.79 Å². The van der Waals surface area contributed by atoms with Crippen LogP contribution in [-0.4, -0.2) is 29.6 Å². The van der Waals surface area contributed by atoms with Crippen molar-refractivity contribution in [1.82, 2.24) is 10.6 Å². The molecule has 1 aromatic rings. The Balaban J connectivity index is 1.76. The summed E-state index contributed by atoms with van der Waals surface area (Å²) < 4.78 is 0. The predicted octanol–water partition coefficient (Wildman–Crippen LogP) is 1.58. The maximum Gasteiger partial charge on any atom is 0.237 e. The van der Waals surface area contributed by atoms with Gasteiger partial charge >= 0.3 is 0 Å². The second-order valence-corrected chi connectivity index (χ2v) is 5.26. The molecule has 1 saturated heterocycles. The first-order valence-electron chi connectivity index (χ1n) is 6.97. The van der Waals surface area contributed by atoms with E-state index in [0.717, 1.165) is 32.2 Å². The highest BCUT2D eigenvalue weighted by molar-refractivity contribution is 5.82. The van der Waals surface area contributed by atoms with Crippen molar-refractivity contribution in [2.24, 2.45) is 0 Å². The lowest BCUT2D eigenvalue weighted by Gasteiger charge is -2.26. The van der Waals surface area contributed by atoms with Gasteiger partial charge in [0, 0.05) is 12.6 Å². The van der Waals surface area contributed by atoms with Crippen molar-refractivity contribution in [3.63, 3.8) is 0 Å². The zero-order chi connectivity index (χ0) is 13.7. The number of hydrogen-bond donors (Lipinski definition) is 3. The lowest BCUT2D eigenvalue weighted by atomic mass is 10.0. The highest BCUT2D eigenvalue weighted by Gasteiger charge is 2.22. The van der Waals surface area contributed by atoms with Gasteiger partial charge in [0.05, 0.1) is 6.04 Å². The molecule has 0 spiro atoms. The quantitative estimate of drug-likeness (QED) is 0.755. The molecule has 1 aliphatic rings. The molecule has 1 fully saturated rings. The Morgan fingerprint density at radius 3 is 2.84 bits per heavy atom. The Kier molecular flexibility index (Phi) is 4.80. The minimum absolute atomic E-state index is 0.0384. The number of piperidine rings is 1. The molecule has 2 rings (SSSR count). The molecule has 1 heterocycles. The van der Waals surface area contributed by atoms with E-state index in [1.807, 2.05) is 12.1 Å². The molecule has 1 amide bonds. The SMILES string of the molecule is CC(CCc1ccc(O)cc1)NC1CCCNC1=O. The van der Waals surface area contributed by atoms with E-state index in [0.29, 0.717) is 11.8 Å². The predicted molar refractivity (Wildman–Crippen MR) is 75.1 cm³/mol. The fourth-order valence-corrected chi connectivity index (χ4v) is 2.40. The summed E-state index contributed by atoms with van der Waals surface area (Å²) in [5.74, 6) is 0.427. The molecular formula is C15H22N2O2. The first-order valence-corrected chi connectivity index (χ1v) is 6.97. The average Bonchev–Trinajstić information content (AvgIpc) is 2.41. The smallest absolute Gasteiger partial charge is 0.237 e. The fraction of sp³-hybridized carbons (Fsp3) is 0.533. The summed E-state index contributed by atoms with van der Waals surface area (Å²) in [5, 5.41) is 15.5. The van der Waals surface area contributed by atoms with Crippen LogP contribution < -0.4 is 10.6 Å². The van der Waals surface area contributed by atoms with E-state index >= 15 is 0 Å². The normalized spacial score (nSPS) is 20.9. The van der Waals surface area contributed by atoms with E-state index < -0.39 is 0 Å². The average molecular weight is 262 g/mol. The van der Waals surface area contributed by atoms with Gasteiger partial charge in [-0.25, -0.2) is 0 Å². The van der Waals surface area contributed by atoms with E-state index in [2.05, 4.69) is 17.6 Å². The number of aromatic hydroxyl groups is 1. The van der Waals surface area contributed by atoms with Crippen LogP contribution in [0.1, 0.15) is 31.7 Å². The molecule has 104 valence electrons. The number of hydrogen-bond acceptors (Lipinski definition) is 3. The zero-order valence-corrected chi connectivity index (χ0v) is 11.4. The minimum atomic E-state index is -0.0384. The van der Waals surface area contributed by atoms with Gasteiger partial charge in [-0.05, 0) is 50.3 Å². The van der Waals surface area contributed by atoms with Gasteiger partial charge in [0.25, 0.3) is 0 Å². The van der Waals surface area contributed by atoms with Crippen molar-refractivity contribution >= 4 is 5.91 Å². The molecule has 0 radical (unpaired) electrons. The molecule has 3 N–H and O–H groups in total. The van der Waals surface area contributed by atoms with Gasteiger partial charge in [0.15, 0.2) is 0 Å². The largest absolute Gasteiger partial charge is 0.508 e. The van der Waals surface area contributed by atoms with Crippen LogP contribution in [0.4, 0.5) is 0 Å². The summed E-state index contributed by atoms with van der Waals surface area (Å²) in [7, 11) is 0. The third-order valence-corrected chi connectivity index (χ3v) is 3.57. The van der Waals surface area contributed by atoms with Crippen molar-refractivity contribution in [2.75, 3.05) is 6.54 Å².